The van der Waals surface area contributed by atoms with E-state index in [1.807, 2.05) is 0 Å². The normalized spacial score (nSPS) is 21.8. The minimum absolute atomic E-state index is 0.00814. The van der Waals surface area contributed by atoms with Crippen LogP contribution in [0.4, 0.5) is 5.82 Å². The third-order valence-electron chi connectivity index (χ3n) is 4.72. The minimum atomic E-state index is -0.0995. The summed E-state index contributed by atoms with van der Waals surface area (Å²) in [5, 5.41) is 19.9. The fraction of sp³-hybridized carbons (Fsp3) is 0.733. The van der Waals surface area contributed by atoms with Gasteiger partial charge < -0.3 is 15.3 Å². The molecule has 1 unspecified atom stereocenters. The summed E-state index contributed by atoms with van der Waals surface area (Å²) >= 11 is 0. The Morgan fingerprint density at radius 2 is 2.09 bits per heavy atom. The van der Waals surface area contributed by atoms with Gasteiger partial charge in [-0.1, -0.05) is 11.6 Å². The fourth-order valence-electron chi connectivity index (χ4n) is 3.08. The lowest BCUT2D eigenvalue weighted by Crippen LogP contribution is -2.47. The maximum Gasteiger partial charge on any atom is 0.244 e. The second kappa shape index (κ2) is 7.08. The molecule has 0 radical (unpaired) electrons. The van der Waals surface area contributed by atoms with Crippen molar-refractivity contribution in [2.24, 2.45) is 5.92 Å². The Morgan fingerprint density at radius 1 is 1.26 bits per heavy atom. The zero-order valence-electron chi connectivity index (χ0n) is 13.1. The number of amides is 2. The monoisotopic (exact) mass is 321 g/mol. The van der Waals surface area contributed by atoms with Gasteiger partial charge in [0.1, 0.15) is 6.54 Å². The van der Waals surface area contributed by atoms with E-state index in [2.05, 4.69) is 15.6 Å². The number of aromatic nitrogens is 3. The van der Waals surface area contributed by atoms with Crippen molar-refractivity contribution in [2.45, 2.75) is 51.1 Å². The quantitative estimate of drug-likeness (QED) is 0.817. The number of hydrogen-bond acceptors (Lipinski definition) is 5. The van der Waals surface area contributed by atoms with Crippen LogP contribution >= 0.6 is 0 Å². The summed E-state index contributed by atoms with van der Waals surface area (Å²) in [4.78, 5) is 26.0. The number of likely N-dealkylation sites (tertiary alicyclic amines) is 1. The molecule has 0 bridgehead atoms. The lowest BCUT2D eigenvalue weighted by molar-refractivity contribution is -0.136. The van der Waals surface area contributed by atoms with E-state index >= 15 is 0 Å². The summed E-state index contributed by atoms with van der Waals surface area (Å²) in [6, 6.07) is -0.0995. The molecule has 2 heterocycles. The average molecular weight is 321 g/mol. The minimum Gasteiger partial charge on any atom is -0.394 e. The van der Waals surface area contributed by atoms with Crippen LogP contribution in [0.25, 0.3) is 0 Å². The highest BCUT2D eigenvalue weighted by molar-refractivity contribution is 5.92. The van der Waals surface area contributed by atoms with Crippen molar-refractivity contribution in [3.05, 3.63) is 6.20 Å². The molecule has 23 heavy (non-hydrogen) atoms. The van der Waals surface area contributed by atoms with Gasteiger partial charge in [-0.3, -0.25) is 9.59 Å². The molecule has 1 saturated carbocycles. The highest BCUT2D eigenvalue weighted by atomic mass is 16.3. The van der Waals surface area contributed by atoms with E-state index in [0.29, 0.717) is 12.4 Å². The second-order valence-corrected chi connectivity index (χ2v) is 6.34. The fourth-order valence-corrected chi connectivity index (χ4v) is 3.08. The Hall–Kier alpha value is -1.96. The van der Waals surface area contributed by atoms with Crippen LogP contribution in [0.1, 0.15) is 38.5 Å². The average Bonchev–Trinajstić information content (AvgIpc) is 2.92. The highest BCUT2D eigenvalue weighted by Crippen LogP contribution is 2.27. The number of hydrogen-bond donors (Lipinski definition) is 2. The summed E-state index contributed by atoms with van der Waals surface area (Å²) in [6.07, 6.45) is 7.36. The van der Waals surface area contributed by atoms with Gasteiger partial charge in [0, 0.05) is 12.5 Å². The molecule has 126 valence electrons. The molecule has 1 atom stereocenters. The van der Waals surface area contributed by atoms with Gasteiger partial charge in [0.25, 0.3) is 0 Å². The lowest BCUT2D eigenvalue weighted by atomic mass is 9.85. The van der Waals surface area contributed by atoms with E-state index in [1.54, 1.807) is 11.1 Å². The zero-order chi connectivity index (χ0) is 16.2. The third-order valence-corrected chi connectivity index (χ3v) is 4.72. The van der Waals surface area contributed by atoms with Crippen LogP contribution in [0.2, 0.25) is 0 Å². The highest BCUT2D eigenvalue weighted by Gasteiger charge is 2.27. The molecule has 1 aromatic rings. The van der Waals surface area contributed by atoms with E-state index in [9.17, 15) is 14.7 Å². The van der Waals surface area contributed by atoms with Gasteiger partial charge in [0.15, 0.2) is 5.82 Å². The van der Waals surface area contributed by atoms with Gasteiger partial charge in [0.05, 0.1) is 18.8 Å². The Balaban J connectivity index is 1.55. The van der Waals surface area contributed by atoms with Crippen molar-refractivity contribution in [3.63, 3.8) is 0 Å². The summed E-state index contributed by atoms with van der Waals surface area (Å²) < 4.78 is 1.43. The van der Waals surface area contributed by atoms with Crippen molar-refractivity contribution >= 4 is 17.6 Å². The van der Waals surface area contributed by atoms with Crippen molar-refractivity contribution in [2.75, 3.05) is 18.5 Å². The number of aliphatic hydroxyl groups excluding tert-OH is 1. The number of carbonyl (C=O) groups excluding carboxylic acids is 2. The number of aliphatic hydroxyl groups is 1. The van der Waals surface area contributed by atoms with Gasteiger partial charge in [-0.05, 0) is 32.1 Å². The van der Waals surface area contributed by atoms with Crippen LogP contribution in [-0.4, -0.2) is 56.0 Å². The predicted octanol–water partition coefficient (Wildman–Crippen LogP) is 0.390. The Bertz CT molecular complexity index is 569. The first-order valence-electron chi connectivity index (χ1n) is 8.28. The molecule has 1 aliphatic heterocycles. The number of carbonyl (C=O) groups is 2. The van der Waals surface area contributed by atoms with Gasteiger partial charge in [-0.15, -0.1) is 5.10 Å². The molecule has 2 fully saturated rings. The van der Waals surface area contributed by atoms with Crippen LogP contribution in [0.15, 0.2) is 6.20 Å². The van der Waals surface area contributed by atoms with Gasteiger partial charge in [-0.25, -0.2) is 4.68 Å². The molecule has 1 aromatic heterocycles. The SMILES string of the molecule is O=C(Nc1cn(CC(=O)N2CCCCC2CO)nn1)C1CCC1. The Labute approximate surface area is 134 Å². The topological polar surface area (TPSA) is 100 Å². The van der Waals surface area contributed by atoms with Crippen LogP contribution in [0.5, 0.6) is 0 Å². The smallest absolute Gasteiger partial charge is 0.244 e. The summed E-state index contributed by atoms with van der Waals surface area (Å²) in [6.45, 7) is 0.735. The Kier molecular flexibility index (Phi) is 4.90. The van der Waals surface area contributed by atoms with E-state index in [0.717, 1.165) is 38.5 Å². The lowest BCUT2D eigenvalue weighted by Gasteiger charge is -2.34. The largest absolute Gasteiger partial charge is 0.394 e. The van der Waals surface area contributed by atoms with Crippen LogP contribution in [0.3, 0.4) is 0 Å². The van der Waals surface area contributed by atoms with E-state index in [4.69, 9.17) is 0 Å². The molecule has 8 nitrogen and oxygen atoms in total. The predicted molar refractivity (Wildman–Crippen MR) is 82.4 cm³/mol. The van der Waals surface area contributed by atoms with Gasteiger partial charge >= 0.3 is 0 Å². The molecule has 1 aliphatic carbocycles. The maximum atomic E-state index is 12.4. The summed E-state index contributed by atoms with van der Waals surface area (Å²) in [7, 11) is 0. The van der Waals surface area contributed by atoms with Crippen molar-refractivity contribution in [1.29, 1.82) is 0 Å². The Morgan fingerprint density at radius 3 is 2.78 bits per heavy atom. The molecule has 0 spiro atoms. The molecule has 1 saturated heterocycles. The van der Waals surface area contributed by atoms with Crippen molar-refractivity contribution < 1.29 is 14.7 Å². The first-order valence-corrected chi connectivity index (χ1v) is 8.28. The van der Waals surface area contributed by atoms with Gasteiger partial charge in [-0.2, -0.15) is 0 Å². The third kappa shape index (κ3) is 3.69. The molecule has 0 aromatic carbocycles. The van der Waals surface area contributed by atoms with E-state index in [1.165, 1.54) is 4.68 Å². The summed E-state index contributed by atoms with van der Waals surface area (Å²) in [5.74, 6) is 0.365. The molecular weight excluding hydrogens is 298 g/mol. The van der Waals surface area contributed by atoms with Crippen LogP contribution < -0.4 is 5.32 Å². The van der Waals surface area contributed by atoms with Crippen LogP contribution in [0, 0.1) is 5.92 Å². The maximum absolute atomic E-state index is 12.4. The zero-order valence-corrected chi connectivity index (χ0v) is 13.1. The first kappa shape index (κ1) is 15.9. The number of nitrogens with zero attached hydrogens (tertiary/aromatic N) is 4. The van der Waals surface area contributed by atoms with Crippen molar-refractivity contribution in [1.82, 2.24) is 19.9 Å². The molecule has 2 N–H and O–H groups in total. The van der Waals surface area contributed by atoms with Gasteiger partial charge in [0.2, 0.25) is 11.8 Å². The van der Waals surface area contributed by atoms with E-state index < -0.39 is 0 Å². The second-order valence-electron chi connectivity index (χ2n) is 6.34. The number of piperidine rings is 1. The molecule has 2 amide bonds. The number of anilines is 1. The van der Waals surface area contributed by atoms with E-state index in [-0.39, 0.29) is 36.9 Å². The molecular formula is C15H23N5O3. The molecule has 2 aliphatic rings. The number of rotatable bonds is 5. The van der Waals surface area contributed by atoms with Crippen LogP contribution in [-0.2, 0) is 16.1 Å². The van der Waals surface area contributed by atoms with Crippen molar-refractivity contribution in [3.8, 4) is 0 Å². The summed E-state index contributed by atoms with van der Waals surface area (Å²) in [5.41, 5.74) is 0. The molecule has 3 rings (SSSR count). The molecule has 8 heteroatoms. The number of nitrogens with one attached hydrogen (secondary N) is 1. The first-order chi connectivity index (χ1) is 11.2. The standard InChI is InChI=1S/C15H23N5O3/c21-10-12-6-1-2-7-20(12)14(22)9-19-8-13(17-18-19)16-15(23)11-4-3-5-11/h8,11-12,21H,1-7,9-10H2,(H,16,23).